The maximum atomic E-state index is 6.12. The molecule has 0 amide bonds. The van der Waals surface area contributed by atoms with Gasteiger partial charge in [0, 0.05) is 0 Å². The van der Waals surface area contributed by atoms with Crippen molar-refractivity contribution in [2.24, 2.45) is 0 Å². The van der Waals surface area contributed by atoms with E-state index in [1.165, 1.54) is 0 Å². The molecule has 1 N–H and O–H groups in total. The van der Waals surface area contributed by atoms with Crippen molar-refractivity contribution < 1.29 is 9.26 Å². The quantitative estimate of drug-likeness (QED) is 0.754. The molecule has 0 saturated carbocycles. The van der Waals surface area contributed by atoms with E-state index in [1.807, 2.05) is 42.5 Å². The van der Waals surface area contributed by atoms with Gasteiger partial charge < -0.3 is 14.6 Å². The Morgan fingerprint density at radius 3 is 2.55 bits per heavy atom. The first-order chi connectivity index (χ1) is 10.7. The fraction of sp³-hybridized carbons (Fsp3) is 0.125. The van der Waals surface area contributed by atoms with Crippen molar-refractivity contribution in [1.82, 2.24) is 10.1 Å². The summed E-state index contributed by atoms with van der Waals surface area (Å²) in [5, 5.41) is 7.53. The molecule has 0 spiro atoms. The third-order valence-corrected chi connectivity index (χ3v) is 3.26. The van der Waals surface area contributed by atoms with Crippen LogP contribution in [0.15, 0.2) is 53.1 Å². The molecule has 6 heteroatoms. The van der Waals surface area contributed by atoms with Crippen molar-refractivity contribution in [3.05, 3.63) is 65.3 Å². The average molecular weight is 316 g/mol. The summed E-state index contributed by atoms with van der Waals surface area (Å²) in [7, 11) is 0. The van der Waals surface area contributed by atoms with E-state index in [9.17, 15) is 0 Å². The van der Waals surface area contributed by atoms with Crippen LogP contribution in [0.3, 0.4) is 0 Å². The molecule has 0 saturated heterocycles. The van der Waals surface area contributed by atoms with Gasteiger partial charge in [0.1, 0.15) is 5.75 Å². The standard InChI is InChI=1S/C16H14ClN3O2/c1-11-19-16(22-20-11)10-18-13-7-3-5-9-15(13)21-14-8-4-2-6-12(14)17/h2-9,18H,10H2,1H3. The van der Waals surface area contributed by atoms with E-state index in [1.54, 1.807) is 13.0 Å². The van der Waals surface area contributed by atoms with Crippen molar-refractivity contribution in [3.63, 3.8) is 0 Å². The zero-order valence-corrected chi connectivity index (χ0v) is 12.7. The van der Waals surface area contributed by atoms with Gasteiger partial charge in [-0.15, -0.1) is 0 Å². The van der Waals surface area contributed by atoms with Crippen LogP contribution in [0, 0.1) is 6.92 Å². The summed E-state index contributed by atoms with van der Waals surface area (Å²) in [4.78, 5) is 4.15. The minimum absolute atomic E-state index is 0.420. The molecule has 0 unspecified atom stereocenters. The second kappa shape index (κ2) is 6.49. The Morgan fingerprint density at radius 2 is 1.82 bits per heavy atom. The molecule has 112 valence electrons. The van der Waals surface area contributed by atoms with Crippen molar-refractivity contribution in [3.8, 4) is 11.5 Å². The lowest BCUT2D eigenvalue weighted by molar-refractivity contribution is 0.379. The number of halogens is 1. The van der Waals surface area contributed by atoms with Crippen LogP contribution in [-0.2, 0) is 6.54 Å². The lowest BCUT2D eigenvalue weighted by Gasteiger charge is -2.12. The van der Waals surface area contributed by atoms with Gasteiger partial charge in [0.05, 0.1) is 17.3 Å². The Morgan fingerprint density at radius 1 is 1.09 bits per heavy atom. The molecule has 22 heavy (non-hydrogen) atoms. The first-order valence-corrected chi connectivity index (χ1v) is 7.14. The molecule has 0 radical (unpaired) electrons. The molecule has 1 aromatic heterocycles. The van der Waals surface area contributed by atoms with Crippen molar-refractivity contribution in [2.75, 3.05) is 5.32 Å². The molecule has 1 heterocycles. The summed E-state index contributed by atoms with van der Waals surface area (Å²) < 4.78 is 11.0. The number of nitrogens with one attached hydrogen (secondary N) is 1. The number of nitrogens with zero attached hydrogens (tertiary/aromatic N) is 2. The maximum absolute atomic E-state index is 6.12. The fourth-order valence-corrected chi connectivity index (χ4v) is 2.10. The minimum atomic E-state index is 0.420. The SMILES string of the molecule is Cc1noc(CNc2ccccc2Oc2ccccc2Cl)n1. The highest BCUT2D eigenvalue weighted by Gasteiger charge is 2.08. The third kappa shape index (κ3) is 3.38. The third-order valence-electron chi connectivity index (χ3n) is 2.94. The number of hydrogen-bond acceptors (Lipinski definition) is 5. The highest BCUT2D eigenvalue weighted by atomic mass is 35.5. The van der Waals surface area contributed by atoms with Gasteiger partial charge >= 0.3 is 0 Å². The Hall–Kier alpha value is -2.53. The lowest BCUT2D eigenvalue weighted by atomic mass is 10.3. The van der Waals surface area contributed by atoms with Gasteiger partial charge in [-0.1, -0.05) is 41.0 Å². The fourth-order valence-electron chi connectivity index (χ4n) is 1.93. The Labute approximate surface area is 132 Å². The molecule has 3 rings (SSSR count). The normalized spacial score (nSPS) is 10.5. The van der Waals surface area contributed by atoms with Gasteiger partial charge in [0.25, 0.3) is 0 Å². The van der Waals surface area contributed by atoms with Crippen LogP contribution in [0.4, 0.5) is 5.69 Å². The number of rotatable bonds is 5. The highest BCUT2D eigenvalue weighted by molar-refractivity contribution is 6.32. The number of anilines is 1. The van der Waals surface area contributed by atoms with E-state index in [-0.39, 0.29) is 0 Å². The summed E-state index contributed by atoms with van der Waals surface area (Å²) in [5.41, 5.74) is 0.818. The second-order valence-corrected chi connectivity index (χ2v) is 5.02. The predicted molar refractivity (Wildman–Crippen MR) is 84.3 cm³/mol. The summed E-state index contributed by atoms with van der Waals surface area (Å²) in [6.07, 6.45) is 0. The summed E-state index contributed by atoms with van der Waals surface area (Å²) in [5.74, 6) is 2.40. The van der Waals surface area contributed by atoms with Gasteiger partial charge in [-0.3, -0.25) is 0 Å². The zero-order valence-electron chi connectivity index (χ0n) is 11.9. The summed E-state index contributed by atoms with van der Waals surface area (Å²) in [6.45, 7) is 2.20. The van der Waals surface area contributed by atoms with Crippen LogP contribution < -0.4 is 10.1 Å². The van der Waals surface area contributed by atoms with E-state index in [4.69, 9.17) is 20.9 Å². The van der Waals surface area contributed by atoms with Crippen LogP contribution in [0.25, 0.3) is 0 Å². The molecular weight excluding hydrogens is 302 g/mol. The van der Waals surface area contributed by atoms with E-state index in [0.29, 0.717) is 34.8 Å². The van der Waals surface area contributed by atoms with Crippen molar-refractivity contribution >= 4 is 17.3 Å². The second-order valence-electron chi connectivity index (χ2n) is 4.62. The zero-order chi connectivity index (χ0) is 15.4. The molecule has 0 aliphatic carbocycles. The number of aryl methyl sites for hydroxylation is 1. The van der Waals surface area contributed by atoms with E-state index in [2.05, 4.69) is 15.5 Å². The van der Waals surface area contributed by atoms with E-state index >= 15 is 0 Å². The molecule has 0 aliphatic heterocycles. The Kier molecular flexibility index (Phi) is 4.25. The first kappa shape index (κ1) is 14.4. The molecule has 0 fully saturated rings. The van der Waals surface area contributed by atoms with Gasteiger partial charge in [0.2, 0.25) is 5.89 Å². The maximum Gasteiger partial charge on any atom is 0.245 e. The molecule has 0 atom stereocenters. The number of hydrogen-bond donors (Lipinski definition) is 1. The van der Waals surface area contributed by atoms with E-state index < -0.39 is 0 Å². The summed E-state index contributed by atoms with van der Waals surface area (Å²) in [6, 6.07) is 14.9. The first-order valence-electron chi connectivity index (χ1n) is 6.77. The van der Waals surface area contributed by atoms with Crippen LogP contribution in [0.1, 0.15) is 11.7 Å². The molecule has 2 aromatic carbocycles. The van der Waals surface area contributed by atoms with Gasteiger partial charge in [-0.05, 0) is 31.2 Å². The number of aromatic nitrogens is 2. The molecular formula is C16H14ClN3O2. The lowest BCUT2D eigenvalue weighted by Crippen LogP contribution is -2.01. The highest BCUT2D eigenvalue weighted by Crippen LogP contribution is 2.33. The van der Waals surface area contributed by atoms with E-state index in [0.717, 1.165) is 5.69 Å². The molecule has 0 aliphatic rings. The Balaban J connectivity index is 1.76. The van der Waals surface area contributed by atoms with Crippen LogP contribution in [-0.4, -0.2) is 10.1 Å². The minimum Gasteiger partial charge on any atom is -0.454 e. The van der Waals surface area contributed by atoms with Crippen molar-refractivity contribution in [2.45, 2.75) is 13.5 Å². The molecule has 3 aromatic rings. The monoisotopic (exact) mass is 315 g/mol. The van der Waals surface area contributed by atoms with Crippen molar-refractivity contribution in [1.29, 1.82) is 0 Å². The smallest absolute Gasteiger partial charge is 0.245 e. The number of para-hydroxylation sites is 3. The van der Waals surface area contributed by atoms with Gasteiger partial charge in [-0.2, -0.15) is 4.98 Å². The average Bonchev–Trinajstić information content (AvgIpc) is 2.94. The van der Waals surface area contributed by atoms with Crippen LogP contribution >= 0.6 is 11.6 Å². The largest absolute Gasteiger partial charge is 0.454 e. The van der Waals surface area contributed by atoms with Crippen LogP contribution in [0.2, 0.25) is 5.02 Å². The summed E-state index contributed by atoms with van der Waals surface area (Å²) >= 11 is 6.12. The van der Waals surface area contributed by atoms with Gasteiger partial charge in [0.15, 0.2) is 11.6 Å². The van der Waals surface area contributed by atoms with Gasteiger partial charge in [-0.25, -0.2) is 0 Å². The Bertz CT molecular complexity index is 773. The molecule has 5 nitrogen and oxygen atoms in total. The number of ether oxygens (including phenoxy) is 1. The molecule has 0 bridgehead atoms. The number of benzene rings is 2. The predicted octanol–water partition coefficient (Wildman–Crippen LogP) is 4.44. The van der Waals surface area contributed by atoms with Crippen LogP contribution in [0.5, 0.6) is 11.5 Å². The topological polar surface area (TPSA) is 60.2 Å².